The van der Waals surface area contributed by atoms with Gasteiger partial charge in [-0.25, -0.2) is 4.98 Å². The van der Waals surface area contributed by atoms with Crippen molar-refractivity contribution in [1.29, 1.82) is 0 Å². The van der Waals surface area contributed by atoms with Gasteiger partial charge in [-0.2, -0.15) is 0 Å². The SMILES string of the molecule is c1ccc(-c2cnc3c4ccccc4c4cc(-c5cccc(-c6ccc7sc8ccccc8c7c6)c5)ccc4c3n2)cc1. The molecular weight excluding hydrogens is 541 g/mol. The fourth-order valence-corrected chi connectivity index (χ4v) is 7.47. The zero-order valence-electron chi connectivity index (χ0n) is 23.2. The van der Waals surface area contributed by atoms with Crippen molar-refractivity contribution in [3.63, 3.8) is 0 Å². The molecule has 2 aromatic heterocycles. The van der Waals surface area contributed by atoms with Gasteiger partial charge in [0.2, 0.25) is 0 Å². The van der Waals surface area contributed by atoms with E-state index in [0.29, 0.717) is 0 Å². The molecule has 0 unspecified atom stereocenters. The molecule has 9 aromatic rings. The molecule has 0 saturated heterocycles. The Bertz CT molecular complexity index is 2510. The van der Waals surface area contributed by atoms with Gasteiger partial charge in [-0.1, -0.05) is 109 Å². The van der Waals surface area contributed by atoms with E-state index in [1.807, 2.05) is 35.7 Å². The normalized spacial score (nSPS) is 11.7. The van der Waals surface area contributed by atoms with Crippen molar-refractivity contribution >= 4 is 64.1 Å². The Labute approximate surface area is 252 Å². The molecule has 0 N–H and O–H groups in total. The van der Waals surface area contributed by atoms with Gasteiger partial charge in [-0.15, -0.1) is 11.3 Å². The molecule has 200 valence electrons. The van der Waals surface area contributed by atoms with Gasteiger partial charge in [-0.05, 0) is 63.4 Å². The lowest BCUT2D eigenvalue weighted by Gasteiger charge is -2.12. The molecule has 9 rings (SSSR count). The Hall–Kier alpha value is -5.38. The molecule has 7 aromatic carbocycles. The first kappa shape index (κ1) is 24.2. The highest BCUT2D eigenvalue weighted by Gasteiger charge is 2.14. The summed E-state index contributed by atoms with van der Waals surface area (Å²) in [6.45, 7) is 0. The van der Waals surface area contributed by atoms with E-state index in [9.17, 15) is 0 Å². The highest BCUT2D eigenvalue weighted by atomic mass is 32.1. The molecule has 0 aliphatic rings. The van der Waals surface area contributed by atoms with E-state index >= 15 is 0 Å². The number of hydrogen-bond acceptors (Lipinski definition) is 3. The van der Waals surface area contributed by atoms with E-state index in [4.69, 9.17) is 9.97 Å². The topological polar surface area (TPSA) is 25.8 Å². The second kappa shape index (κ2) is 9.59. The number of fused-ring (bicyclic) bond motifs is 9. The van der Waals surface area contributed by atoms with Crippen LogP contribution in [0.15, 0.2) is 146 Å². The van der Waals surface area contributed by atoms with Gasteiger partial charge < -0.3 is 0 Å². The minimum absolute atomic E-state index is 0.886. The number of hydrogen-bond donors (Lipinski definition) is 0. The first-order valence-corrected chi connectivity index (χ1v) is 15.3. The summed E-state index contributed by atoms with van der Waals surface area (Å²) in [5.74, 6) is 0. The molecule has 0 radical (unpaired) electrons. The molecule has 0 atom stereocenters. The summed E-state index contributed by atoms with van der Waals surface area (Å²) in [6.07, 6.45) is 1.89. The highest BCUT2D eigenvalue weighted by Crippen LogP contribution is 2.39. The largest absolute Gasteiger partial charge is 0.252 e. The lowest BCUT2D eigenvalue weighted by atomic mass is 9.94. The van der Waals surface area contributed by atoms with Gasteiger partial charge in [0.05, 0.1) is 22.9 Å². The smallest absolute Gasteiger partial charge is 0.0979 e. The molecule has 0 amide bonds. The minimum Gasteiger partial charge on any atom is -0.252 e. The van der Waals surface area contributed by atoms with Crippen LogP contribution in [0.2, 0.25) is 0 Å². The van der Waals surface area contributed by atoms with Crippen LogP contribution in [-0.2, 0) is 0 Å². The third kappa shape index (κ3) is 3.93. The molecule has 3 heteroatoms. The maximum absolute atomic E-state index is 5.16. The molecule has 0 spiro atoms. The Morgan fingerprint density at radius 2 is 0.977 bits per heavy atom. The number of rotatable bonds is 3. The van der Waals surface area contributed by atoms with Crippen molar-refractivity contribution in [1.82, 2.24) is 9.97 Å². The van der Waals surface area contributed by atoms with Crippen LogP contribution in [0.5, 0.6) is 0 Å². The Morgan fingerprint density at radius 1 is 0.372 bits per heavy atom. The standard InChI is InChI=1S/C40H24N2S/c1-2-9-25(10-3-1)36-24-41-39-32-15-5-4-13-30(32)34-22-28(17-19-33(34)40(39)42-36)26-11-8-12-27(21-26)29-18-20-38-35(23-29)31-14-6-7-16-37(31)43-38/h1-24H. The van der Waals surface area contributed by atoms with Gasteiger partial charge in [-0.3, -0.25) is 4.98 Å². The van der Waals surface area contributed by atoms with Crippen molar-refractivity contribution in [3.05, 3.63) is 146 Å². The first-order chi connectivity index (χ1) is 21.3. The number of nitrogens with zero attached hydrogens (tertiary/aromatic N) is 2. The van der Waals surface area contributed by atoms with E-state index in [1.54, 1.807) is 0 Å². The monoisotopic (exact) mass is 564 g/mol. The second-order valence-corrected chi connectivity index (χ2v) is 12.1. The lowest BCUT2D eigenvalue weighted by Crippen LogP contribution is -1.92. The molecule has 0 aliphatic heterocycles. The van der Waals surface area contributed by atoms with Crippen LogP contribution in [0.1, 0.15) is 0 Å². The third-order valence-corrected chi connectivity index (χ3v) is 9.65. The second-order valence-electron chi connectivity index (χ2n) is 11.0. The van der Waals surface area contributed by atoms with Crippen molar-refractivity contribution in [3.8, 4) is 33.5 Å². The van der Waals surface area contributed by atoms with Gasteiger partial charge in [0, 0.05) is 36.5 Å². The molecular formula is C40H24N2S. The van der Waals surface area contributed by atoms with E-state index < -0.39 is 0 Å². The summed E-state index contributed by atoms with van der Waals surface area (Å²) in [6, 6.07) is 50.0. The third-order valence-electron chi connectivity index (χ3n) is 8.50. The van der Waals surface area contributed by atoms with Crippen LogP contribution < -0.4 is 0 Å². The predicted octanol–water partition coefficient (Wildman–Crippen LogP) is 11.3. The van der Waals surface area contributed by atoms with E-state index in [-0.39, 0.29) is 0 Å². The van der Waals surface area contributed by atoms with Crippen LogP contribution in [0.25, 0.3) is 86.3 Å². The lowest BCUT2D eigenvalue weighted by molar-refractivity contribution is 1.31. The quantitative estimate of drug-likeness (QED) is 0.199. The summed E-state index contributed by atoms with van der Waals surface area (Å²) >= 11 is 1.86. The van der Waals surface area contributed by atoms with Crippen LogP contribution in [0, 0.1) is 0 Å². The number of benzene rings is 7. The van der Waals surface area contributed by atoms with Crippen LogP contribution >= 0.6 is 11.3 Å². The van der Waals surface area contributed by atoms with E-state index in [0.717, 1.165) is 33.1 Å². The first-order valence-electron chi connectivity index (χ1n) is 14.5. The zero-order valence-corrected chi connectivity index (χ0v) is 24.0. The van der Waals surface area contributed by atoms with Gasteiger partial charge in [0.15, 0.2) is 0 Å². The van der Waals surface area contributed by atoms with Crippen LogP contribution in [-0.4, -0.2) is 9.97 Å². The molecule has 0 fully saturated rings. The van der Waals surface area contributed by atoms with E-state index in [2.05, 4.69) is 121 Å². The zero-order chi connectivity index (χ0) is 28.3. The minimum atomic E-state index is 0.886. The molecule has 0 saturated carbocycles. The molecule has 0 aliphatic carbocycles. The maximum Gasteiger partial charge on any atom is 0.0979 e. The molecule has 0 bridgehead atoms. The number of thiophene rings is 1. The summed E-state index contributed by atoms with van der Waals surface area (Å²) < 4.78 is 2.66. The Morgan fingerprint density at radius 3 is 1.81 bits per heavy atom. The van der Waals surface area contributed by atoms with Gasteiger partial charge in [0.1, 0.15) is 0 Å². The molecule has 2 heterocycles. The summed E-state index contributed by atoms with van der Waals surface area (Å²) in [5, 5.41) is 7.28. The van der Waals surface area contributed by atoms with Crippen molar-refractivity contribution in [2.45, 2.75) is 0 Å². The Balaban J connectivity index is 1.21. The fraction of sp³-hybridized carbons (Fsp3) is 0. The summed E-state index contributed by atoms with van der Waals surface area (Å²) in [4.78, 5) is 10.1. The van der Waals surface area contributed by atoms with Crippen molar-refractivity contribution in [2.75, 3.05) is 0 Å². The average molecular weight is 565 g/mol. The summed E-state index contributed by atoms with van der Waals surface area (Å²) in [7, 11) is 0. The predicted molar refractivity (Wildman–Crippen MR) is 184 cm³/mol. The number of aromatic nitrogens is 2. The van der Waals surface area contributed by atoms with Gasteiger partial charge in [0.25, 0.3) is 0 Å². The average Bonchev–Trinajstić information content (AvgIpc) is 3.46. The van der Waals surface area contributed by atoms with Crippen molar-refractivity contribution in [2.24, 2.45) is 0 Å². The fourth-order valence-electron chi connectivity index (χ4n) is 6.38. The van der Waals surface area contributed by atoms with Crippen LogP contribution in [0.3, 0.4) is 0 Å². The maximum atomic E-state index is 5.16. The molecule has 2 nitrogen and oxygen atoms in total. The summed E-state index contributed by atoms with van der Waals surface area (Å²) in [5.41, 5.74) is 8.67. The Kier molecular flexibility index (Phi) is 5.40. The van der Waals surface area contributed by atoms with E-state index in [1.165, 1.54) is 53.2 Å². The van der Waals surface area contributed by atoms with Gasteiger partial charge >= 0.3 is 0 Å². The van der Waals surface area contributed by atoms with Crippen molar-refractivity contribution < 1.29 is 0 Å². The highest BCUT2D eigenvalue weighted by molar-refractivity contribution is 7.25. The van der Waals surface area contributed by atoms with Crippen LogP contribution in [0.4, 0.5) is 0 Å². The molecule has 43 heavy (non-hydrogen) atoms.